The molecule has 90 heavy (non-hydrogen) atoms. The minimum absolute atomic E-state index is 0. The van der Waals surface area contributed by atoms with Crippen LogP contribution in [0.15, 0.2) is 102 Å². The number of benzene rings is 8. The molecule has 0 saturated carbocycles. The first kappa shape index (κ1) is 76.5. The number of hydrogen-bond donors (Lipinski definition) is 8. The van der Waals surface area contributed by atoms with Crippen molar-refractivity contribution < 1.29 is 139 Å². The van der Waals surface area contributed by atoms with Crippen molar-refractivity contribution in [3.63, 3.8) is 0 Å². The zero-order valence-electron chi connectivity index (χ0n) is 47.0. The predicted octanol–water partition coefficient (Wildman–Crippen LogP) is 1.48. The van der Waals surface area contributed by atoms with E-state index < -0.39 is 135 Å². The number of nitrogens with two attached hydrogens (primary N) is 1. The molecule has 482 valence electrons. The van der Waals surface area contributed by atoms with Crippen molar-refractivity contribution in [1.82, 2.24) is 20.3 Å². The summed E-state index contributed by atoms with van der Waals surface area (Å²) in [7, 11) is -10.3. The SMILES string of the molecule is CC(=O)Oc1cc(S(=O)(=O)Cl)c2ccc3c(S(=O)(=O)Cl)cc(S(=O)(=O)Cl)c4ccc1c2c43.CC(=O)Oc1cc(S(=O)(=O)NCCC(=O)O)c2ccc3c(S(=O)(=O)NCCCC(=O)O)cc(S(=O)(=O)NCCCC(=O)O)c4ccc1c2c43.N.NCCCC(=O)[O-].[Na+]. The molecule has 0 aliphatic heterocycles. The maximum atomic E-state index is 13.7. The summed E-state index contributed by atoms with van der Waals surface area (Å²) < 4.78 is 172. The van der Waals surface area contributed by atoms with Gasteiger partial charge in [-0.15, -0.1) is 0 Å². The quantitative estimate of drug-likeness (QED) is 0.0100. The molecule has 0 heterocycles. The van der Waals surface area contributed by atoms with E-state index in [1.54, 1.807) is 0 Å². The Morgan fingerprint density at radius 2 is 0.700 bits per heavy atom. The number of carbonyl (C=O) groups excluding carboxylic acids is 3. The minimum Gasteiger partial charge on any atom is -0.550 e. The van der Waals surface area contributed by atoms with Crippen LogP contribution in [-0.4, -0.2) is 128 Å². The van der Waals surface area contributed by atoms with E-state index in [4.69, 9.17) is 62.6 Å². The molecule has 11 N–H and O–H groups in total. The number of hydrogen-bond acceptors (Lipinski definition) is 23. The van der Waals surface area contributed by atoms with Crippen molar-refractivity contribution >= 4 is 190 Å². The molecule has 0 atom stereocenters. The monoisotopic (exact) mass is 1440 g/mol. The van der Waals surface area contributed by atoms with Crippen LogP contribution in [0.25, 0.3) is 64.6 Å². The van der Waals surface area contributed by atoms with E-state index in [-0.39, 0.29) is 157 Å². The van der Waals surface area contributed by atoms with E-state index >= 15 is 0 Å². The normalized spacial score (nSPS) is 12.2. The van der Waals surface area contributed by atoms with Crippen molar-refractivity contribution in [2.45, 2.75) is 88.2 Å². The van der Waals surface area contributed by atoms with Gasteiger partial charge in [-0.05, 0) is 56.5 Å². The minimum atomic E-state index is -4.57. The summed E-state index contributed by atoms with van der Waals surface area (Å²) in [5, 5.41) is 36.8. The molecule has 8 rings (SSSR count). The summed E-state index contributed by atoms with van der Waals surface area (Å²) in [6, 6.07) is 14.3. The van der Waals surface area contributed by atoms with E-state index in [1.165, 1.54) is 48.5 Å². The molecular weight excluding hydrogens is 1390 g/mol. The Kier molecular flexibility index (Phi) is 25.7. The number of esters is 2. The molecule has 0 unspecified atom stereocenters. The molecule has 0 saturated heterocycles. The summed E-state index contributed by atoms with van der Waals surface area (Å²) in [6.07, 6.45) is -0.895. The summed E-state index contributed by atoms with van der Waals surface area (Å²) in [5.41, 5.74) is 4.99. The van der Waals surface area contributed by atoms with Crippen LogP contribution in [0.5, 0.6) is 11.5 Å². The molecule has 0 aliphatic rings. The van der Waals surface area contributed by atoms with Crippen LogP contribution >= 0.6 is 32.0 Å². The maximum absolute atomic E-state index is 13.7. The number of nitrogens with one attached hydrogen (secondary N) is 3. The number of halogens is 3. The average Bonchev–Trinajstić information content (AvgIpc) is 0.718. The summed E-state index contributed by atoms with van der Waals surface area (Å²) in [4.78, 5) is 63.1. The zero-order chi connectivity index (χ0) is 65.8. The maximum Gasteiger partial charge on any atom is 1.00 e. The van der Waals surface area contributed by atoms with Crippen molar-refractivity contribution in [3.8, 4) is 11.5 Å². The third-order valence-corrected chi connectivity index (χ3v) is 21.2. The number of carboxylic acid groups (broad SMARTS) is 4. The molecule has 0 amide bonds. The van der Waals surface area contributed by atoms with E-state index in [9.17, 15) is 84.4 Å². The Balaban J connectivity index is 0.000000362. The number of aliphatic carboxylic acids is 4. The Morgan fingerprint density at radius 3 is 0.989 bits per heavy atom. The van der Waals surface area contributed by atoms with E-state index in [1.807, 2.05) is 0 Å². The number of carboxylic acids is 4. The number of rotatable bonds is 25. The van der Waals surface area contributed by atoms with E-state index in [2.05, 4.69) is 14.2 Å². The van der Waals surface area contributed by atoms with Crippen LogP contribution in [-0.2, 0) is 86.0 Å². The first-order valence-corrected chi connectivity index (χ1v) is 36.4. The smallest absolute Gasteiger partial charge is 0.550 e. The topological polar surface area (TPSA) is 507 Å². The van der Waals surface area contributed by atoms with Crippen LogP contribution in [0.1, 0.15) is 58.8 Å². The standard InChI is InChI=1S/C29H31N3O14S3.C18H9Cl3O8S3.C4H9NO2.H3N.Na/c1-16(33)46-21-14-22(47(40,41)32-13-10-27(38)39)18-8-9-20-24(49(44,45)31-12-3-5-26(36)37)15-23(19-7-6-17(21)28(18)29(19)20)48(42,43)30-11-2-4-25(34)35;1-8(22)29-13-6-14(30(19,23)24)10-4-5-12-16(32(21,27)28)7-15(31(20,25)26)11-3-2-9(13)17(10)18(11)12;5-3-1-2-4(6)7;;/h6-9,14-15,30-32H,2-5,10-13H2,1H3,(H,34,35)(H,36,37)(H,38,39);2-7H,1H3;1-3,5H2,(H,6,7);1H3;/q;;;;+1/p-1. The second kappa shape index (κ2) is 30.2. The Hall–Kier alpha value is -5.97. The molecule has 0 aliphatic carbocycles. The summed E-state index contributed by atoms with van der Waals surface area (Å²) in [5.74, 6) is -6.70. The Bertz CT molecular complexity index is 4770. The van der Waals surface area contributed by atoms with Gasteiger partial charge in [0.2, 0.25) is 30.1 Å². The van der Waals surface area contributed by atoms with Gasteiger partial charge in [0.05, 0.1) is 35.8 Å². The molecule has 8 aromatic rings. The van der Waals surface area contributed by atoms with Crippen molar-refractivity contribution in [1.29, 1.82) is 0 Å². The molecule has 0 radical (unpaired) electrons. The summed E-state index contributed by atoms with van der Waals surface area (Å²) in [6.45, 7) is 1.42. The zero-order valence-corrected chi connectivity index (χ0v) is 56.2. The van der Waals surface area contributed by atoms with Gasteiger partial charge in [-0.3, -0.25) is 24.0 Å². The second-order valence-electron chi connectivity index (χ2n) is 18.7. The van der Waals surface area contributed by atoms with Gasteiger partial charge in [-0.1, -0.05) is 36.4 Å². The van der Waals surface area contributed by atoms with Crippen LogP contribution in [0.3, 0.4) is 0 Å². The molecule has 8 aromatic carbocycles. The molecule has 0 spiro atoms. The first-order chi connectivity index (χ1) is 40.7. The Labute approximate surface area is 548 Å². The van der Waals surface area contributed by atoms with Gasteiger partial charge in [0.25, 0.3) is 27.2 Å². The fourth-order valence-electron chi connectivity index (χ4n) is 9.15. The van der Waals surface area contributed by atoms with Gasteiger partial charge >= 0.3 is 59.4 Å². The van der Waals surface area contributed by atoms with Gasteiger partial charge in [-0.25, -0.2) is 64.7 Å². The van der Waals surface area contributed by atoms with Crippen LogP contribution in [0.2, 0.25) is 0 Å². The molecule has 0 fully saturated rings. The van der Waals surface area contributed by atoms with Crippen LogP contribution in [0, 0.1) is 0 Å². The van der Waals surface area contributed by atoms with Gasteiger partial charge in [0.15, 0.2) is 0 Å². The molecule has 39 heteroatoms. The van der Waals surface area contributed by atoms with Crippen molar-refractivity contribution in [2.75, 3.05) is 26.2 Å². The van der Waals surface area contributed by atoms with Gasteiger partial charge in [-0.2, -0.15) is 0 Å². The van der Waals surface area contributed by atoms with Gasteiger partial charge in [0.1, 0.15) is 11.5 Å². The number of sulfonamides is 3. The van der Waals surface area contributed by atoms with Crippen molar-refractivity contribution in [2.24, 2.45) is 5.73 Å². The van der Waals surface area contributed by atoms with Crippen LogP contribution < -0.4 is 70.2 Å². The molecular formula is C51H51Cl3N5NaO24S6. The molecule has 0 aromatic heterocycles. The summed E-state index contributed by atoms with van der Waals surface area (Å²) >= 11 is 0. The second-order valence-corrected chi connectivity index (χ2v) is 31.5. The largest absolute Gasteiger partial charge is 1.00 e. The number of carbonyl (C=O) groups is 6. The number of ether oxygens (including phenoxy) is 2. The third-order valence-electron chi connectivity index (χ3n) is 12.6. The predicted molar refractivity (Wildman–Crippen MR) is 322 cm³/mol. The third kappa shape index (κ3) is 18.0. The fraction of sp³-hybridized carbons (Fsp3) is 0.255. The molecule has 0 bridgehead atoms. The van der Waals surface area contributed by atoms with Crippen molar-refractivity contribution in [3.05, 3.63) is 72.8 Å². The van der Waals surface area contributed by atoms with Crippen LogP contribution in [0.4, 0.5) is 0 Å². The molecule has 29 nitrogen and oxygen atoms in total. The fourth-order valence-corrected chi connectivity index (χ4v) is 16.4. The average molecular weight is 1440 g/mol. The van der Waals surface area contributed by atoms with Gasteiger partial charge < -0.3 is 46.6 Å². The first-order valence-electron chi connectivity index (χ1n) is 25.1. The van der Waals surface area contributed by atoms with E-state index in [0.29, 0.717) is 13.0 Å². The van der Waals surface area contributed by atoms with E-state index in [0.717, 1.165) is 38.1 Å². The van der Waals surface area contributed by atoms with Gasteiger partial charge in [0, 0.05) is 161 Å². The Morgan fingerprint density at radius 1 is 0.433 bits per heavy atom.